The van der Waals surface area contributed by atoms with Crippen molar-refractivity contribution in [2.24, 2.45) is 5.92 Å². The molecule has 1 saturated heterocycles. The molecule has 1 aliphatic heterocycles. The zero-order chi connectivity index (χ0) is 13.5. The second-order valence-electron chi connectivity index (χ2n) is 5.31. The lowest BCUT2D eigenvalue weighted by atomic mass is 9.94. The molecule has 0 bridgehead atoms. The fourth-order valence-electron chi connectivity index (χ4n) is 2.51. The summed E-state index contributed by atoms with van der Waals surface area (Å²) < 4.78 is 0. The molecule has 1 amide bonds. The first-order valence-electron chi connectivity index (χ1n) is 7.11. The lowest BCUT2D eigenvalue weighted by Crippen LogP contribution is -2.46. The Balaban J connectivity index is 2.34. The topological polar surface area (TPSA) is 49.4 Å². The van der Waals surface area contributed by atoms with Gasteiger partial charge < -0.3 is 5.32 Å². The molecule has 0 aromatic heterocycles. The van der Waals surface area contributed by atoms with Crippen molar-refractivity contribution in [3.8, 4) is 0 Å². The maximum Gasteiger partial charge on any atom is 0.234 e. The average molecular weight is 254 g/mol. The van der Waals surface area contributed by atoms with Gasteiger partial charge in [-0.15, -0.1) is 0 Å². The Morgan fingerprint density at radius 1 is 1.50 bits per heavy atom. The minimum Gasteiger partial charge on any atom is -0.353 e. The highest BCUT2D eigenvalue weighted by molar-refractivity contribution is 5.83. The van der Waals surface area contributed by atoms with E-state index in [-0.39, 0.29) is 17.9 Å². The Kier molecular flexibility index (Phi) is 6.33. The third kappa shape index (κ3) is 4.77. The highest BCUT2D eigenvalue weighted by atomic mass is 16.2. The first-order chi connectivity index (χ1) is 8.56. The number of carbonyl (C=O) groups excluding carboxylic acids is 2. The van der Waals surface area contributed by atoms with Gasteiger partial charge >= 0.3 is 0 Å². The number of piperidine rings is 1. The van der Waals surface area contributed by atoms with E-state index in [9.17, 15) is 9.59 Å². The van der Waals surface area contributed by atoms with Crippen LogP contribution in [0, 0.1) is 5.92 Å². The van der Waals surface area contributed by atoms with E-state index >= 15 is 0 Å². The number of amides is 1. The highest BCUT2D eigenvalue weighted by Crippen LogP contribution is 2.15. The lowest BCUT2D eigenvalue weighted by Gasteiger charge is -2.31. The van der Waals surface area contributed by atoms with E-state index < -0.39 is 0 Å². The van der Waals surface area contributed by atoms with Crippen LogP contribution >= 0.6 is 0 Å². The van der Waals surface area contributed by atoms with Crippen LogP contribution in [-0.2, 0) is 9.59 Å². The molecular weight excluding hydrogens is 228 g/mol. The van der Waals surface area contributed by atoms with Crippen LogP contribution in [0.2, 0.25) is 0 Å². The molecule has 1 N–H and O–H groups in total. The number of nitrogens with one attached hydrogen (secondary N) is 1. The summed E-state index contributed by atoms with van der Waals surface area (Å²) in [6.07, 6.45) is 3.57. The monoisotopic (exact) mass is 254 g/mol. The zero-order valence-electron chi connectivity index (χ0n) is 11.9. The lowest BCUT2D eigenvalue weighted by molar-refractivity contribution is -0.129. The molecule has 0 aromatic rings. The second kappa shape index (κ2) is 7.52. The van der Waals surface area contributed by atoms with E-state index in [0.717, 1.165) is 32.4 Å². The molecular formula is C14H26N2O2. The van der Waals surface area contributed by atoms with E-state index in [4.69, 9.17) is 0 Å². The quantitative estimate of drug-likeness (QED) is 0.783. The summed E-state index contributed by atoms with van der Waals surface area (Å²) in [5.74, 6) is 0.563. The summed E-state index contributed by atoms with van der Waals surface area (Å²) in [5, 5.41) is 3.01. The summed E-state index contributed by atoms with van der Waals surface area (Å²) in [6, 6.07) is 0.246. The van der Waals surface area contributed by atoms with Gasteiger partial charge in [-0.1, -0.05) is 20.3 Å². The van der Waals surface area contributed by atoms with Gasteiger partial charge in [0.25, 0.3) is 0 Å². The van der Waals surface area contributed by atoms with Crippen molar-refractivity contribution in [2.75, 3.05) is 19.6 Å². The van der Waals surface area contributed by atoms with Gasteiger partial charge in [0.1, 0.15) is 5.78 Å². The minimum absolute atomic E-state index is 0.0835. The van der Waals surface area contributed by atoms with Crippen LogP contribution in [-0.4, -0.2) is 42.3 Å². The zero-order valence-corrected chi connectivity index (χ0v) is 11.9. The van der Waals surface area contributed by atoms with Gasteiger partial charge in [0.2, 0.25) is 5.91 Å². The van der Waals surface area contributed by atoms with Gasteiger partial charge in [-0.2, -0.15) is 0 Å². The molecule has 18 heavy (non-hydrogen) atoms. The minimum atomic E-state index is 0.0835. The Morgan fingerprint density at radius 2 is 2.22 bits per heavy atom. The fourth-order valence-corrected chi connectivity index (χ4v) is 2.51. The first-order valence-corrected chi connectivity index (χ1v) is 7.11. The number of Topliss-reactive ketones (excluding diaryl/α,β-unsaturated/α-hetero) is 1. The van der Waals surface area contributed by atoms with Crippen LogP contribution in [0.15, 0.2) is 0 Å². The van der Waals surface area contributed by atoms with E-state index in [2.05, 4.69) is 17.1 Å². The predicted molar refractivity (Wildman–Crippen MR) is 72.4 cm³/mol. The number of hydrogen-bond acceptors (Lipinski definition) is 3. The van der Waals surface area contributed by atoms with E-state index in [1.807, 2.05) is 13.8 Å². The Hall–Kier alpha value is -0.900. The Morgan fingerprint density at radius 3 is 2.83 bits per heavy atom. The first kappa shape index (κ1) is 15.2. The summed E-state index contributed by atoms with van der Waals surface area (Å²) >= 11 is 0. The summed E-state index contributed by atoms with van der Waals surface area (Å²) in [7, 11) is 0. The molecule has 2 unspecified atom stereocenters. The van der Waals surface area contributed by atoms with Crippen molar-refractivity contribution in [1.29, 1.82) is 0 Å². The number of ketones is 1. The van der Waals surface area contributed by atoms with Gasteiger partial charge in [-0.05, 0) is 19.8 Å². The molecule has 1 heterocycles. The van der Waals surface area contributed by atoms with Gasteiger partial charge in [-0.25, -0.2) is 0 Å². The van der Waals surface area contributed by atoms with Crippen molar-refractivity contribution in [3.05, 3.63) is 0 Å². The SMILES string of the molecule is CCCC(C)NC(=O)CN1CCC(=O)C(CC)C1. The number of likely N-dealkylation sites (tertiary alicyclic amines) is 1. The molecule has 0 spiro atoms. The predicted octanol–water partition coefficient (Wildman–Crippen LogP) is 1.59. The maximum atomic E-state index is 11.8. The van der Waals surface area contributed by atoms with Gasteiger partial charge in [-0.3, -0.25) is 14.5 Å². The Bertz CT molecular complexity index is 292. The number of hydrogen-bond donors (Lipinski definition) is 1. The molecule has 2 atom stereocenters. The smallest absolute Gasteiger partial charge is 0.234 e. The average Bonchev–Trinajstić information content (AvgIpc) is 2.31. The van der Waals surface area contributed by atoms with Crippen molar-refractivity contribution in [2.45, 2.75) is 52.5 Å². The third-order valence-electron chi connectivity index (χ3n) is 3.60. The van der Waals surface area contributed by atoms with Crippen LogP contribution < -0.4 is 5.32 Å². The Labute approximate surface area is 110 Å². The molecule has 1 aliphatic rings. The summed E-state index contributed by atoms with van der Waals surface area (Å²) in [4.78, 5) is 25.5. The molecule has 0 aliphatic carbocycles. The van der Waals surface area contributed by atoms with Crippen molar-refractivity contribution >= 4 is 11.7 Å². The molecule has 0 saturated carbocycles. The molecule has 1 fully saturated rings. The molecule has 4 nitrogen and oxygen atoms in total. The highest BCUT2D eigenvalue weighted by Gasteiger charge is 2.26. The molecule has 4 heteroatoms. The molecule has 0 radical (unpaired) electrons. The molecule has 104 valence electrons. The molecule has 0 aromatic carbocycles. The van der Waals surface area contributed by atoms with Crippen LogP contribution in [0.4, 0.5) is 0 Å². The van der Waals surface area contributed by atoms with Crippen molar-refractivity contribution in [1.82, 2.24) is 10.2 Å². The van der Waals surface area contributed by atoms with Crippen molar-refractivity contribution in [3.63, 3.8) is 0 Å². The standard InChI is InChI=1S/C14H26N2O2/c1-4-6-11(3)15-14(18)10-16-8-7-13(17)12(5-2)9-16/h11-12H,4-10H2,1-3H3,(H,15,18). The normalized spacial score (nSPS) is 22.8. The van der Waals surface area contributed by atoms with Crippen LogP contribution in [0.3, 0.4) is 0 Å². The fraction of sp³-hybridized carbons (Fsp3) is 0.857. The van der Waals surface area contributed by atoms with Gasteiger partial charge in [0.15, 0.2) is 0 Å². The van der Waals surface area contributed by atoms with Gasteiger partial charge in [0.05, 0.1) is 6.54 Å². The summed E-state index contributed by atoms with van der Waals surface area (Å²) in [6.45, 7) is 8.09. The number of nitrogens with zero attached hydrogens (tertiary/aromatic N) is 1. The van der Waals surface area contributed by atoms with Crippen LogP contribution in [0.1, 0.15) is 46.5 Å². The number of carbonyl (C=O) groups is 2. The second-order valence-corrected chi connectivity index (χ2v) is 5.31. The summed E-state index contributed by atoms with van der Waals surface area (Å²) in [5.41, 5.74) is 0. The van der Waals surface area contributed by atoms with E-state index in [0.29, 0.717) is 18.7 Å². The van der Waals surface area contributed by atoms with Gasteiger partial charge in [0, 0.05) is 31.5 Å². The third-order valence-corrected chi connectivity index (χ3v) is 3.60. The van der Waals surface area contributed by atoms with E-state index in [1.165, 1.54) is 0 Å². The van der Waals surface area contributed by atoms with E-state index in [1.54, 1.807) is 0 Å². The van der Waals surface area contributed by atoms with Crippen LogP contribution in [0.5, 0.6) is 0 Å². The maximum absolute atomic E-state index is 11.8. The number of rotatable bonds is 6. The van der Waals surface area contributed by atoms with Crippen LogP contribution in [0.25, 0.3) is 0 Å². The molecule has 1 rings (SSSR count). The van der Waals surface area contributed by atoms with Crippen molar-refractivity contribution < 1.29 is 9.59 Å². The largest absolute Gasteiger partial charge is 0.353 e.